The van der Waals surface area contributed by atoms with E-state index >= 15 is 0 Å². The Hall–Kier alpha value is -2.62. The summed E-state index contributed by atoms with van der Waals surface area (Å²) in [5.41, 5.74) is 4.18. The average Bonchev–Trinajstić information content (AvgIpc) is 3.12. The quantitative estimate of drug-likeness (QED) is 0.496. The van der Waals surface area contributed by atoms with E-state index in [2.05, 4.69) is 77.9 Å². The van der Waals surface area contributed by atoms with E-state index in [0.717, 1.165) is 13.1 Å². The maximum absolute atomic E-state index is 3.42. The summed E-state index contributed by atoms with van der Waals surface area (Å²) in [6, 6.07) is 24.2. The van der Waals surface area contributed by atoms with Gasteiger partial charge in [-0.1, -0.05) is 54.6 Å². The Balaban J connectivity index is 1.21. The maximum Gasteiger partial charge on any atom is 0.127 e. The topological polar surface area (TPSA) is 24.7 Å². The van der Waals surface area contributed by atoms with Crippen LogP contribution in [0.2, 0.25) is 0 Å². The van der Waals surface area contributed by atoms with Gasteiger partial charge in [-0.05, 0) is 22.9 Å². The Kier molecular flexibility index (Phi) is 4.40. The highest BCUT2D eigenvalue weighted by molar-refractivity contribution is 5.83. The van der Waals surface area contributed by atoms with Crippen LogP contribution in [0.4, 0.5) is 0 Å². The number of hydrogen-bond donors (Lipinski definition) is 3. The van der Waals surface area contributed by atoms with Crippen LogP contribution in [0.25, 0.3) is 21.7 Å². The van der Waals surface area contributed by atoms with Crippen molar-refractivity contribution in [2.75, 3.05) is 26.2 Å². The predicted octanol–water partition coefficient (Wildman–Crippen LogP) is 1.80. The van der Waals surface area contributed by atoms with Crippen LogP contribution in [-0.2, 0) is 13.1 Å². The third-order valence-electron chi connectivity index (χ3n) is 6.05. The highest BCUT2D eigenvalue weighted by atomic mass is 15.3. The molecule has 3 aromatic carbocycles. The van der Waals surface area contributed by atoms with Crippen LogP contribution in [-0.4, -0.2) is 31.2 Å². The second kappa shape index (κ2) is 7.18. The molecule has 3 nitrogen and oxygen atoms in total. The molecule has 0 saturated carbocycles. The number of piperazine rings is 1. The maximum atomic E-state index is 3.42. The molecule has 0 atom stereocenters. The minimum Gasteiger partial charge on any atom is -0.361 e. The number of aromatic nitrogens is 1. The summed E-state index contributed by atoms with van der Waals surface area (Å²) in [5, 5.41) is 4.08. The number of hydrogen-bond acceptors (Lipinski definition) is 0. The summed E-state index contributed by atoms with van der Waals surface area (Å²) in [4.78, 5) is 6.84. The van der Waals surface area contributed by atoms with Gasteiger partial charge in [-0.25, -0.2) is 0 Å². The molecule has 136 valence electrons. The van der Waals surface area contributed by atoms with Crippen LogP contribution in [0.15, 0.2) is 72.9 Å². The molecule has 0 aliphatic carbocycles. The van der Waals surface area contributed by atoms with Crippen LogP contribution in [0.5, 0.6) is 0 Å². The van der Waals surface area contributed by atoms with E-state index in [1.54, 1.807) is 9.80 Å². The summed E-state index contributed by atoms with van der Waals surface area (Å²) in [6.45, 7) is 7.29. The van der Waals surface area contributed by atoms with Gasteiger partial charge < -0.3 is 14.8 Å². The normalized spacial score (nSPS) is 20.3. The SMILES string of the molecule is c1ccc2cc(C[NH+]3CC[NH+](Cc4c[nH]c5ccccc45)CC3)ccc2c1. The molecule has 0 bridgehead atoms. The first kappa shape index (κ1) is 16.5. The Morgan fingerprint density at radius 3 is 2.26 bits per heavy atom. The second-order valence-electron chi connectivity index (χ2n) is 7.89. The second-order valence-corrected chi connectivity index (χ2v) is 7.89. The lowest BCUT2D eigenvalue weighted by molar-refractivity contribution is -1.02. The van der Waals surface area contributed by atoms with Crippen LogP contribution in [0.1, 0.15) is 11.1 Å². The fourth-order valence-electron chi connectivity index (χ4n) is 4.50. The minimum atomic E-state index is 1.13. The molecular weight excluding hydrogens is 330 g/mol. The average molecular weight is 358 g/mol. The van der Waals surface area contributed by atoms with E-state index in [-0.39, 0.29) is 0 Å². The van der Waals surface area contributed by atoms with Crippen molar-refractivity contribution in [1.82, 2.24) is 4.98 Å². The fourth-order valence-corrected chi connectivity index (χ4v) is 4.50. The van der Waals surface area contributed by atoms with E-state index in [0.29, 0.717) is 0 Å². The van der Waals surface area contributed by atoms with Gasteiger partial charge in [0.05, 0.1) is 0 Å². The van der Waals surface area contributed by atoms with E-state index in [9.17, 15) is 0 Å². The molecule has 1 aliphatic heterocycles. The molecular formula is C24H27N3+2. The van der Waals surface area contributed by atoms with Crippen molar-refractivity contribution in [3.8, 4) is 0 Å². The third kappa shape index (κ3) is 3.48. The Morgan fingerprint density at radius 2 is 1.41 bits per heavy atom. The lowest BCUT2D eigenvalue weighted by atomic mass is 10.1. The van der Waals surface area contributed by atoms with Gasteiger partial charge in [-0.2, -0.15) is 0 Å². The van der Waals surface area contributed by atoms with E-state index in [1.807, 2.05) is 0 Å². The van der Waals surface area contributed by atoms with Crippen LogP contribution in [0, 0.1) is 0 Å². The molecule has 0 unspecified atom stereocenters. The van der Waals surface area contributed by atoms with Gasteiger partial charge in [-0.3, -0.25) is 0 Å². The Morgan fingerprint density at radius 1 is 0.704 bits per heavy atom. The zero-order valence-corrected chi connectivity index (χ0v) is 15.7. The monoisotopic (exact) mass is 357 g/mol. The predicted molar refractivity (Wildman–Crippen MR) is 111 cm³/mol. The minimum absolute atomic E-state index is 1.13. The smallest absolute Gasteiger partial charge is 0.127 e. The number of quaternary nitrogens is 2. The van der Waals surface area contributed by atoms with Gasteiger partial charge in [0.15, 0.2) is 0 Å². The van der Waals surface area contributed by atoms with E-state index < -0.39 is 0 Å². The first-order chi connectivity index (χ1) is 13.3. The summed E-state index contributed by atoms with van der Waals surface area (Å²) in [6.07, 6.45) is 2.20. The van der Waals surface area contributed by atoms with Crippen LogP contribution in [0.3, 0.4) is 0 Å². The molecule has 1 fully saturated rings. The van der Waals surface area contributed by atoms with Crippen molar-refractivity contribution in [2.45, 2.75) is 13.1 Å². The zero-order chi connectivity index (χ0) is 18.1. The molecule has 0 radical (unpaired) electrons. The van der Waals surface area contributed by atoms with Gasteiger partial charge in [0.1, 0.15) is 39.3 Å². The Bertz CT molecular complexity index is 1060. The molecule has 5 rings (SSSR count). The van der Waals surface area contributed by atoms with Gasteiger partial charge in [-0.15, -0.1) is 0 Å². The number of aromatic amines is 1. The summed E-state index contributed by atoms with van der Waals surface area (Å²) >= 11 is 0. The standard InChI is InChI=1S/C24H25N3/c1-2-6-21-15-19(9-10-20(21)5-1)17-26-11-13-27(14-12-26)18-22-16-25-24-8-4-3-7-23(22)24/h1-10,15-16,25H,11-14,17-18H2/p+2. The lowest BCUT2D eigenvalue weighted by Gasteiger charge is -2.29. The van der Waals surface area contributed by atoms with Gasteiger partial charge in [0.25, 0.3) is 0 Å². The van der Waals surface area contributed by atoms with Gasteiger partial charge >= 0.3 is 0 Å². The highest BCUT2D eigenvalue weighted by Crippen LogP contribution is 2.17. The molecule has 2 heterocycles. The molecule has 27 heavy (non-hydrogen) atoms. The number of para-hydroxylation sites is 1. The summed E-state index contributed by atoms with van der Waals surface area (Å²) < 4.78 is 0. The van der Waals surface area contributed by atoms with Crippen LogP contribution >= 0.6 is 0 Å². The first-order valence-electron chi connectivity index (χ1n) is 10.0. The highest BCUT2D eigenvalue weighted by Gasteiger charge is 2.24. The van der Waals surface area contributed by atoms with E-state index in [4.69, 9.17) is 0 Å². The largest absolute Gasteiger partial charge is 0.361 e. The fraction of sp³-hybridized carbons (Fsp3) is 0.250. The van der Waals surface area contributed by atoms with Gasteiger partial charge in [0, 0.05) is 28.2 Å². The first-order valence-corrected chi connectivity index (χ1v) is 10.0. The molecule has 1 saturated heterocycles. The molecule has 4 aromatic rings. The number of fused-ring (bicyclic) bond motifs is 2. The lowest BCUT2D eigenvalue weighted by Crippen LogP contribution is -3.27. The number of H-pyrrole nitrogens is 1. The van der Waals surface area contributed by atoms with Crippen molar-refractivity contribution in [2.24, 2.45) is 0 Å². The van der Waals surface area contributed by atoms with Crippen molar-refractivity contribution < 1.29 is 9.80 Å². The van der Waals surface area contributed by atoms with Crippen molar-refractivity contribution in [1.29, 1.82) is 0 Å². The molecule has 1 aliphatic rings. The molecule has 3 N–H and O–H groups in total. The Labute approximate surface area is 160 Å². The summed E-state index contributed by atoms with van der Waals surface area (Å²) in [5.74, 6) is 0. The third-order valence-corrected chi connectivity index (χ3v) is 6.05. The molecule has 0 amide bonds. The number of benzene rings is 3. The molecule has 1 aromatic heterocycles. The van der Waals surface area contributed by atoms with Crippen molar-refractivity contribution in [3.05, 3.63) is 84.1 Å². The molecule has 3 heteroatoms. The van der Waals surface area contributed by atoms with Crippen molar-refractivity contribution >= 4 is 21.7 Å². The number of rotatable bonds is 4. The number of nitrogens with one attached hydrogen (secondary N) is 3. The zero-order valence-electron chi connectivity index (χ0n) is 15.7. The summed E-state index contributed by atoms with van der Waals surface area (Å²) in [7, 11) is 0. The molecule has 0 spiro atoms. The van der Waals surface area contributed by atoms with Crippen LogP contribution < -0.4 is 9.80 Å². The van der Waals surface area contributed by atoms with Gasteiger partial charge in [0.2, 0.25) is 0 Å². The van der Waals surface area contributed by atoms with Crippen molar-refractivity contribution in [3.63, 3.8) is 0 Å². The van der Waals surface area contributed by atoms with E-state index in [1.165, 1.54) is 59.0 Å².